The fourth-order valence-corrected chi connectivity index (χ4v) is 3.06. The molecule has 1 heterocycles. The molecule has 0 fully saturated rings. The van der Waals surface area contributed by atoms with Gasteiger partial charge < -0.3 is 10.1 Å². The third-order valence-electron chi connectivity index (χ3n) is 4.05. The van der Waals surface area contributed by atoms with E-state index in [9.17, 15) is 9.59 Å². The van der Waals surface area contributed by atoms with Crippen LogP contribution in [0, 0.1) is 25.2 Å². The fourth-order valence-electron chi connectivity index (χ4n) is 2.60. The smallest absolute Gasteiger partial charge is 0.306 e. The van der Waals surface area contributed by atoms with Gasteiger partial charge in [0.15, 0.2) is 11.8 Å². The molecule has 28 heavy (non-hydrogen) atoms. The second-order valence-corrected chi connectivity index (χ2v) is 6.87. The van der Waals surface area contributed by atoms with Gasteiger partial charge in [-0.3, -0.25) is 9.59 Å². The van der Waals surface area contributed by atoms with Gasteiger partial charge in [-0.2, -0.15) is 5.26 Å². The Morgan fingerprint density at radius 3 is 2.39 bits per heavy atom. The van der Waals surface area contributed by atoms with Gasteiger partial charge in [0.25, 0.3) is 5.91 Å². The standard InChI is InChI=1S/C20H22N4O3S/c1-13-17(14(2)23-20(22-13)28-3)8-9-19(26)27-12-18(25)24-16-6-4-15(5-7-16)10-11-21/h4-7H,8-10,12H2,1-3H3,(H,24,25). The molecule has 1 aromatic heterocycles. The lowest BCUT2D eigenvalue weighted by atomic mass is 10.1. The number of carbonyl (C=O) groups is 2. The number of carbonyl (C=O) groups excluding carboxylic acids is 2. The van der Waals surface area contributed by atoms with E-state index in [0.717, 1.165) is 22.5 Å². The summed E-state index contributed by atoms with van der Waals surface area (Å²) in [7, 11) is 0. The maximum absolute atomic E-state index is 12.0. The molecule has 0 atom stereocenters. The van der Waals surface area contributed by atoms with Gasteiger partial charge in [0, 0.05) is 23.5 Å². The lowest BCUT2D eigenvalue weighted by Crippen LogP contribution is -2.21. The number of nitrogens with zero attached hydrogens (tertiary/aromatic N) is 3. The Kier molecular flexibility index (Phi) is 7.96. The van der Waals surface area contributed by atoms with Crippen LogP contribution in [-0.2, 0) is 27.2 Å². The summed E-state index contributed by atoms with van der Waals surface area (Å²) in [5.41, 5.74) is 4.08. The van der Waals surface area contributed by atoms with E-state index in [0.29, 0.717) is 23.7 Å². The molecule has 2 aromatic rings. The number of esters is 1. The Labute approximate surface area is 168 Å². The van der Waals surface area contributed by atoms with Crippen molar-refractivity contribution in [3.63, 3.8) is 0 Å². The summed E-state index contributed by atoms with van der Waals surface area (Å²) in [5.74, 6) is -0.867. The normalized spacial score (nSPS) is 10.2. The summed E-state index contributed by atoms with van der Waals surface area (Å²) in [6.45, 7) is 3.44. The minimum Gasteiger partial charge on any atom is -0.456 e. The van der Waals surface area contributed by atoms with Crippen molar-refractivity contribution in [1.82, 2.24) is 9.97 Å². The number of nitriles is 1. The number of aromatic nitrogens is 2. The lowest BCUT2D eigenvalue weighted by Gasteiger charge is -2.10. The topological polar surface area (TPSA) is 105 Å². The molecule has 1 aromatic carbocycles. The molecule has 8 heteroatoms. The number of hydrogen-bond acceptors (Lipinski definition) is 7. The average molecular weight is 398 g/mol. The number of ether oxygens (including phenoxy) is 1. The van der Waals surface area contributed by atoms with Crippen LogP contribution in [0.5, 0.6) is 0 Å². The maximum Gasteiger partial charge on any atom is 0.306 e. The van der Waals surface area contributed by atoms with E-state index in [1.807, 2.05) is 20.1 Å². The van der Waals surface area contributed by atoms with Gasteiger partial charge in [-0.05, 0) is 49.8 Å². The van der Waals surface area contributed by atoms with E-state index < -0.39 is 11.9 Å². The predicted octanol–water partition coefficient (Wildman–Crippen LogP) is 3.00. The number of rotatable bonds is 8. The highest BCUT2D eigenvalue weighted by Crippen LogP contribution is 2.17. The number of aryl methyl sites for hydroxylation is 2. The highest BCUT2D eigenvalue weighted by molar-refractivity contribution is 7.98. The molecule has 0 saturated heterocycles. The van der Waals surface area contributed by atoms with E-state index >= 15 is 0 Å². The van der Waals surface area contributed by atoms with Crippen LogP contribution in [0.4, 0.5) is 5.69 Å². The van der Waals surface area contributed by atoms with Crippen molar-refractivity contribution in [2.45, 2.75) is 38.3 Å². The first-order valence-electron chi connectivity index (χ1n) is 8.72. The van der Waals surface area contributed by atoms with Crippen LogP contribution in [0.2, 0.25) is 0 Å². The zero-order chi connectivity index (χ0) is 20.5. The lowest BCUT2D eigenvalue weighted by molar-refractivity contribution is -0.147. The van der Waals surface area contributed by atoms with E-state index in [-0.39, 0.29) is 13.0 Å². The molecule has 0 bridgehead atoms. The number of hydrogen-bond donors (Lipinski definition) is 1. The van der Waals surface area contributed by atoms with Gasteiger partial charge >= 0.3 is 5.97 Å². The summed E-state index contributed by atoms with van der Waals surface area (Å²) in [4.78, 5) is 32.6. The van der Waals surface area contributed by atoms with Crippen molar-refractivity contribution in [2.75, 3.05) is 18.2 Å². The van der Waals surface area contributed by atoms with Crippen LogP contribution in [0.3, 0.4) is 0 Å². The molecule has 0 spiro atoms. The van der Waals surface area contributed by atoms with Crippen LogP contribution in [0.15, 0.2) is 29.4 Å². The summed E-state index contributed by atoms with van der Waals surface area (Å²) < 4.78 is 5.05. The largest absolute Gasteiger partial charge is 0.456 e. The Hall–Kier alpha value is -2.92. The van der Waals surface area contributed by atoms with E-state index in [2.05, 4.69) is 21.4 Å². The van der Waals surface area contributed by atoms with E-state index in [1.54, 1.807) is 24.3 Å². The molecule has 7 nitrogen and oxygen atoms in total. The van der Waals surface area contributed by atoms with Crippen molar-refractivity contribution < 1.29 is 14.3 Å². The zero-order valence-electron chi connectivity index (χ0n) is 16.1. The number of amides is 1. The van der Waals surface area contributed by atoms with Gasteiger partial charge in [0.1, 0.15) is 0 Å². The fraction of sp³-hybridized carbons (Fsp3) is 0.350. The van der Waals surface area contributed by atoms with Crippen molar-refractivity contribution in [2.24, 2.45) is 0 Å². The molecule has 0 radical (unpaired) electrons. The van der Waals surface area contributed by atoms with Crippen molar-refractivity contribution in [1.29, 1.82) is 5.26 Å². The molecule has 0 aliphatic heterocycles. The van der Waals surface area contributed by atoms with Crippen LogP contribution < -0.4 is 5.32 Å². The molecule has 146 valence electrons. The Balaban J connectivity index is 1.79. The first kappa shape index (κ1) is 21.4. The number of anilines is 1. The van der Waals surface area contributed by atoms with Gasteiger partial charge in [0.2, 0.25) is 0 Å². The summed E-state index contributed by atoms with van der Waals surface area (Å²) in [6, 6.07) is 9.00. The van der Waals surface area contributed by atoms with Crippen molar-refractivity contribution in [3.8, 4) is 6.07 Å². The van der Waals surface area contributed by atoms with E-state index in [4.69, 9.17) is 10.00 Å². The first-order chi connectivity index (χ1) is 13.4. The molecule has 0 saturated carbocycles. The van der Waals surface area contributed by atoms with Crippen LogP contribution in [0.25, 0.3) is 0 Å². The minimum atomic E-state index is -0.452. The second-order valence-electron chi connectivity index (χ2n) is 6.10. The summed E-state index contributed by atoms with van der Waals surface area (Å²) in [5, 5.41) is 12.0. The molecule has 1 amide bonds. The quantitative estimate of drug-likeness (QED) is 0.414. The molecule has 0 aliphatic carbocycles. The van der Waals surface area contributed by atoms with Crippen LogP contribution in [-0.4, -0.2) is 34.7 Å². The Morgan fingerprint density at radius 2 is 1.82 bits per heavy atom. The molecule has 0 aliphatic rings. The highest BCUT2D eigenvalue weighted by atomic mass is 32.2. The van der Waals surface area contributed by atoms with Gasteiger partial charge in [0.05, 0.1) is 12.5 Å². The molecular weight excluding hydrogens is 376 g/mol. The molecular formula is C20H22N4O3S. The Morgan fingerprint density at radius 1 is 1.18 bits per heavy atom. The van der Waals surface area contributed by atoms with Gasteiger partial charge in [-0.1, -0.05) is 23.9 Å². The predicted molar refractivity (Wildman–Crippen MR) is 107 cm³/mol. The SMILES string of the molecule is CSc1nc(C)c(CCC(=O)OCC(=O)Nc2ccc(CC#N)cc2)c(C)n1. The van der Waals surface area contributed by atoms with Crippen molar-refractivity contribution in [3.05, 3.63) is 46.8 Å². The third kappa shape index (κ3) is 6.35. The second kappa shape index (κ2) is 10.4. The number of thioether (sulfide) groups is 1. The Bertz CT molecular complexity index is 868. The highest BCUT2D eigenvalue weighted by Gasteiger charge is 2.12. The van der Waals surface area contributed by atoms with E-state index in [1.165, 1.54) is 11.8 Å². The van der Waals surface area contributed by atoms with Crippen molar-refractivity contribution >= 4 is 29.3 Å². The maximum atomic E-state index is 12.0. The first-order valence-corrected chi connectivity index (χ1v) is 9.95. The molecule has 1 N–H and O–H groups in total. The number of benzene rings is 1. The van der Waals surface area contributed by atoms with Crippen LogP contribution in [0.1, 0.15) is 28.9 Å². The van der Waals surface area contributed by atoms with Gasteiger partial charge in [-0.15, -0.1) is 0 Å². The van der Waals surface area contributed by atoms with Gasteiger partial charge in [-0.25, -0.2) is 9.97 Å². The zero-order valence-corrected chi connectivity index (χ0v) is 16.9. The average Bonchev–Trinajstić information content (AvgIpc) is 2.67. The molecule has 0 unspecified atom stereocenters. The summed E-state index contributed by atoms with van der Waals surface area (Å²) >= 11 is 1.47. The number of nitrogens with one attached hydrogen (secondary N) is 1. The minimum absolute atomic E-state index is 0.153. The van der Waals surface area contributed by atoms with Crippen LogP contribution >= 0.6 is 11.8 Å². The molecule has 2 rings (SSSR count). The summed E-state index contributed by atoms with van der Waals surface area (Å²) in [6.07, 6.45) is 2.85. The third-order valence-corrected chi connectivity index (χ3v) is 4.59. The monoisotopic (exact) mass is 398 g/mol.